The number of amides is 1. The monoisotopic (exact) mass is 347 g/mol. The molecule has 3 atom stereocenters. The molecule has 0 aliphatic heterocycles. The summed E-state index contributed by atoms with van der Waals surface area (Å²) in [7, 11) is 1.57. The van der Waals surface area contributed by atoms with E-state index >= 15 is 0 Å². The van der Waals surface area contributed by atoms with Crippen molar-refractivity contribution in [2.24, 2.45) is 0 Å². The van der Waals surface area contributed by atoms with Gasteiger partial charge >= 0.3 is 0 Å². The summed E-state index contributed by atoms with van der Waals surface area (Å²) in [5, 5.41) is 37.2. The number of hydrogen-bond acceptors (Lipinski definition) is 5. The molecule has 24 heavy (non-hydrogen) atoms. The summed E-state index contributed by atoms with van der Waals surface area (Å²) in [6.45, 7) is 2.03. The molecular formula is C18H37NO5. The molecule has 0 fully saturated rings. The highest BCUT2D eigenvalue weighted by molar-refractivity contribution is 5.81. The van der Waals surface area contributed by atoms with Crippen molar-refractivity contribution in [2.45, 2.75) is 89.4 Å². The van der Waals surface area contributed by atoms with E-state index in [1.54, 1.807) is 7.05 Å². The van der Waals surface area contributed by atoms with Gasteiger partial charge in [-0.05, 0) is 6.42 Å². The minimum absolute atomic E-state index is 0.508. The lowest BCUT2D eigenvalue weighted by molar-refractivity contribution is -0.151. The molecule has 0 aromatic heterocycles. The van der Waals surface area contributed by atoms with E-state index in [4.69, 9.17) is 5.11 Å². The predicted molar refractivity (Wildman–Crippen MR) is 94.6 cm³/mol. The second-order valence-corrected chi connectivity index (χ2v) is 6.63. The third kappa shape index (κ3) is 10.2. The first-order chi connectivity index (χ1) is 11.5. The predicted octanol–water partition coefficient (Wildman–Crippen LogP) is 1.44. The van der Waals surface area contributed by atoms with E-state index in [2.05, 4.69) is 6.92 Å². The molecule has 1 amide bonds. The lowest BCUT2D eigenvalue weighted by Crippen LogP contribution is -2.49. The van der Waals surface area contributed by atoms with E-state index in [9.17, 15) is 20.1 Å². The molecule has 0 bridgehead atoms. The van der Waals surface area contributed by atoms with Gasteiger partial charge in [-0.1, -0.05) is 64.7 Å². The van der Waals surface area contributed by atoms with Gasteiger partial charge in [0, 0.05) is 13.6 Å². The molecule has 4 N–H and O–H groups in total. The average Bonchev–Trinajstić information content (AvgIpc) is 2.60. The van der Waals surface area contributed by atoms with Gasteiger partial charge in [-0.2, -0.15) is 0 Å². The van der Waals surface area contributed by atoms with Crippen LogP contribution in [0.25, 0.3) is 0 Å². The fraction of sp³-hybridized carbons (Fsp3) is 0.944. The van der Waals surface area contributed by atoms with Crippen molar-refractivity contribution >= 4 is 5.91 Å². The van der Waals surface area contributed by atoms with Gasteiger partial charge in [-0.3, -0.25) is 4.79 Å². The number of aliphatic hydroxyl groups excluding tert-OH is 4. The molecule has 6 nitrogen and oxygen atoms in total. The van der Waals surface area contributed by atoms with E-state index < -0.39 is 30.8 Å². The Morgan fingerprint density at radius 2 is 1.33 bits per heavy atom. The minimum atomic E-state index is -1.71. The topological polar surface area (TPSA) is 101 Å². The summed E-state index contributed by atoms with van der Waals surface area (Å²) in [4.78, 5) is 13.3. The molecule has 0 rings (SSSR count). The molecule has 144 valence electrons. The zero-order valence-electron chi connectivity index (χ0n) is 15.4. The molecule has 0 aliphatic rings. The number of unbranched alkanes of at least 4 members (excludes halogenated alkanes) is 9. The average molecular weight is 347 g/mol. The van der Waals surface area contributed by atoms with Crippen LogP contribution in [0.4, 0.5) is 0 Å². The molecule has 0 aliphatic carbocycles. The molecule has 0 saturated carbocycles. The van der Waals surface area contributed by atoms with Crippen LogP contribution in [0.3, 0.4) is 0 Å². The molecule has 0 spiro atoms. The molecule has 0 unspecified atom stereocenters. The zero-order valence-corrected chi connectivity index (χ0v) is 15.4. The van der Waals surface area contributed by atoms with Crippen molar-refractivity contribution in [1.82, 2.24) is 4.90 Å². The number of aliphatic hydroxyl groups is 4. The Kier molecular flexibility index (Phi) is 14.2. The van der Waals surface area contributed by atoms with Crippen LogP contribution in [-0.2, 0) is 4.79 Å². The van der Waals surface area contributed by atoms with Gasteiger partial charge in [0.1, 0.15) is 12.2 Å². The highest BCUT2D eigenvalue weighted by Gasteiger charge is 2.31. The van der Waals surface area contributed by atoms with Gasteiger partial charge in [0.2, 0.25) is 0 Å². The highest BCUT2D eigenvalue weighted by Crippen LogP contribution is 2.11. The first-order valence-corrected chi connectivity index (χ1v) is 9.35. The number of nitrogens with zero attached hydrogens (tertiary/aromatic N) is 1. The van der Waals surface area contributed by atoms with Crippen molar-refractivity contribution < 1.29 is 25.2 Å². The lowest BCUT2D eigenvalue weighted by atomic mass is 10.1. The maximum atomic E-state index is 11.9. The second-order valence-electron chi connectivity index (χ2n) is 6.63. The van der Waals surface area contributed by atoms with Crippen LogP contribution in [0.5, 0.6) is 0 Å². The second kappa shape index (κ2) is 14.6. The summed E-state index contributed by atoms with van der Waals surface area (Å²) in [5.74, 6) is -0.633. The van der Waals surface area contributed by atoms with Gasteiger partial charge in [0.25, 0.3) is 5.91 Å². The maximum absolute atomic E-state index is 11.9. The summed E-state index contributed by atoms with van der Waals surface area (Å²) in [6.07, 6.45) is 7.18. The van der Waals surface area contributed by atoms with Crippen LogP contribution in [0.15, 0.2) is 0 Å². The van der Waals surface area contributed by atoms with Crippen LogP contribution in [0.1, 0.15) is 71.1 Å². The quantitative estimate of drug-likeness (QED) is 0.336. The van der Waals surface area contributed by atoms with E-state index in [1.165, 1.54) is 49.8 Å². The number of carbonyl (C=O) groups is 1. The van der Waals surface area contributed by atoms with Crippen LogP contribution in [-0.4, -0.2) is 69.7 Å². The Morgan fingerprint density at radius 1 is 0.875 bits per heavy atom. The Labute approximate surface area is 146 Å². The Balaban J connectivity index is 3.71. The molecule has 0 radical (unpaired) electrons. The van der Waals surface area contributed by atoms with E-state index in [-0.39, 0.29) is 0 Å². The van der Waals surface area contributed by atoms with Gasteiger partial charge in [0.15, 0.2) is 6.10 Å². The lowest BCUT2D eigenvalue weighted by Gasteiger charge is -2.25. The van der Waals surface area contributed by atoms with Gasteiger partial charge < -0.3 is 25.3 Å². The molecule has 0 heterocycles. The zero-order chi connectivity index (χ0) is 18.4. The number of carbonyl (C=O) groups excluding carboxylic acids is 1. The van der Waals surface area contributed by atoms with Crippen molar-refractivity contribution in [3.8, 4) is 0 Å². The smallest absolute Gasteiger partial charge is 0.253 e. The highest BCUT2D eigenvalue weighted by atomic mass is 16.4. The normalized spacial score (nSPS) is 15.1. The summed E-state index contributed by atoms with van der Waals surface area (Å²) in [6, 6.07) is 0. The van der Waals surface area contributed by atoms with Crippen molar-refractivity contribution in [3.63, 3.8) is 0 Å². The van der Waals surface area contributed by atoms with E-state index in [0.717, 1.165) is 19.3 Å². The van der Waals surface area contributed by atoms with Crippen molar-refractivity contribution in [2.75, 3.05) is 20.2 Å². The Bertz CT molecular complexity index is 314. The largest absolute Gasteiger partial charge is 0.394 e. The van der Waals surface area contributed by atoms with E-state index in [1.807, 2.05) is 0 Å². The van der Waals surface area contributed by atoms with Crippen molar-refractivity contribution in [1.29, 1.82) is 0 Å². The standard InChI is InChI=1S/C18H37NO5/c1-3-4-5-6-7-8-9-10-11-12-13-19(2)18(24)17(23)16(22)15(21)14-20/h15-17,20-23H,3-14H2,1-2H3/t15-,16-,17+/m0/s1. The molecule has 0 saturated heterocycles. The summed E-state index contributed by atoms with van der Waals surface area (Å²) >= 11 is 0. The SMILES string of the molecule is CCCCCCCCCCCCN(C)C(=O)[C@H](O)[C@@H](O)[C@@H](O)CO. The number of rotatable bonds is 15. The van der Waals surface area contributed by atoms with Crippen LogP contribution >= 0.6 is 0 Å². The van der Waals surface area contributed by atoms with Crippen LogP contribution < -0.4 is 0 Å². The third-order valence-corrected chi connectivity index (χ3v) is 4.38. The minimum Gasteiger partial charge on any atom is -0.394 e. The Morgan fingerprint density at radius 3 is 1.79 bits per heavy atom. The first kappa shape index (κ1) is 23.3. The molecule has 0 aromatic carbocycles. The molecule has 6 heteroatoms. The van der Waals surface area contributed by atoms with Crippen molar-refractivity contribution in [3.05, 3.63) is 0 Å². The summed E-state index contributed by atoms with van der Waals surface area (Å²) < 4.78 is 0. The fourth-order valence-electron chi connectivity index (χ4n) is 2.64. The summed E-state index contributed by atoms with van der Waals surface area (Å²) in [5.41, 5.74) is 0. The van der Waals surface area contributed by atoms with Crippen LogP contribution in [0.2, 0.25) is 0 Å². The number of hydrogen-bond donors (Lipinski definition) is 4. The van der Waals surface area contributed by atoms with Gasteiger partial charge in [-0.25, -0.2) is 0 Å². The number of likely N-dealkylation sites (N-methyl/N-ethyl adjacent to an activating group) is 1. The third-order valence-electron chi connectivity index (χ3n) is 4.38. The van der Waals surface area contributed by atoms with Crippen LogP contribution in [0, 0.1) is 0 Å². The first-order valence-electron chi connectivity index (χ1n) is 9.35. The molecular weight excluding hydrogens is 310 g/mol. The fourth-order valence-corrected chi connectivity index (χ4v) is 2.64. The van der Waals surface area contributed by atoms with Gasteiger partial charge in [-0.15, -0.1) is 0 Å². The van der Waals surface area contributed by atoms with Gasteiger partial charge in [0.05, 0.1) is 6.61 Å². The molecule has 0 aromatic rings. The maximum Gasteiger partial charge on any atom is 0.253 e. The Hall–Kier alpha value is -0.690. The van der Waals surface area contributed by atoms with E-state index in [0.29, 0.717) is 6.54 Å².